The van der Waals surface area contributed by atoms with Crippen molar-refractivity contribution in [1.29, 1.82) is 0 Å². The number of nitrogens with one attached hydrogen (secondary N) is 1. The number of nitrogens with zero attached hydrogens (tertiary/aromatic N) is 1. The molecule has 1 aromatic carbocycles. The largest absolute Gasteiger partial charge is 0.382 e. The molecule has 1 aliphatic carbocycles. The van der Waals surface area contributed by atoms with E-state index >= 15 is 0 Å². The van der Waals surface area contributed by atoms with Gasteiger partial charge in [0.25, 0.3) is 0 Å². The van der Waals surface area contributed by atoms with Crippen molar-refractivity contribution in [2.45, 2.75) is 25.3 Å². The first-order valence-electron chi connectivity index (χ1n) is 6.15. The molecule has 0 radical (unpaired) electrons. The molecular formula is C15H16N2. The minimum atomic E-state index is 0.548. The van der Waals surface area contributed by atoms with Gasteiger partial charge in [0, 0.05) is 24.1 Å². The zero-order valence-corrected chi connectivity index (χ0v) is 9.76. The standard InChI is InChI=1S/C15H16N2/c1-2-4-13-11-15(6-5-12(13)3-1)17-14-7-9-16-10-8-14/h1-4,7-10,15H,5-6,11H2,(H,16,17). The zero-order valence-electron chi connectivity index (χ0n) is 9.76. The first-order valence-corrected chi connectivity index (χ1v) is 6.15. The van der Waals surface area contributed by atoms with E-state index in [2.05, 4.69) is 34.6 Å². The molecule has 2 nitrogen and oxygen atoms in total. The Labute approximate surface area is 102 Å². The summed E-state index contributed by atoms with van der Waals surface area (Å²) in [7, 11) is 0. The molecule has 0 bridgehead atoms. The van der Waals surface area contributed by atoms with Crippen LogP contribution in [-0.2, 0) is 12.8 Å². The van der Waals surface area contributed by atoms with Gasteiger partial charge < -0.3 is 5.32 Å². The molecule has 17 heavy (non-hydrogen) atoms. The average Bonchev–Trinajstić information content (AvgIpc) is 2.40. The van der Waals surface area contributed by atoms with Crippen LogP contribution in [0.4, 0.5) is 5.69 Å². The molecule has 3 rings (SSSR count). The Balaban J connectivity index is 1.72. The molecule has 0 spiro atoms. The van der Waals surface area contributed by atoms with Crippen LogP contribution in [0.15, 0.2) is 48.8 Å². The van der Waals surface area contributed by atoms with Crippen LogP contribution in [0.1, 0.15) is 17.5 Å². The van der Waals surface area contributed by atoms with Crippen LogP contribution in [0.25, 0.3) is 0 Å². The number of hydrogen-bond donors (Lipinski definition) is 1. The molecule has 1 aliphatic rings. The van der Waals surface area contributed by atoms with Crippen LogP contribution in [0.5, 0.6) is 0 Å². The molecule has 0 amide bonds. The van der Waals surface area contributed by atoms with Gasteiger partial charge in [-0.15, -0.1) is 0 Å². The molecule has 2 heteroatoms. The highest BCUT2D eigenvalue weighted by Crippen LogP contribution is 2.23. The molecule has 0 aliphatic heterocycles. The van der Waals surface area contributed by atoms with Crippen molar-refractivity contribution in [3.8, 4) is 0 Å². The quantitative estimate of drug-likeness (QED) is 0.848. The number of fused-ring (bicyclic) bond motifs is 1. The summed E-state index contributed by atoms with van der Waals surface area (Å²) >= 11 is 0. The average molecular weight is 224 g/mol. The van der Waals surface area contributed by atoms with E-state index in [1.807, 2.05) is 24.5 Å². The molecule has 86 valence electrons. The third kappa shape index (κ3) is 2.31. The number of aryl methyl sites for hydroxylation is 1. The number of hydrogen-bond acceptors (Lipinski definition) is 2. The fourth-order valence-corrected chi connectivity index (χ4v) is 2.50. The van der Waals surface area contributed by atoms with Crippen LogP contribution in [0.3, 0.4) is 0 Å². The van der Waals surface area contributed by atoms with Crippen LogP contribution in [0.2, 0.25) is 0 Å². The second kappa shape index (κ2) is 4.58. The number of aromatic nitrogens is 1. The SMILES string of the molecule is c1ccc2c(c1)CCC(Nc1ccncc1)C2. The fraction of sp³-hybridized carbons (Fsp3) is 0.267. The van der Waals surface area contributed by atoms with E-state index in [0.717, 1.165) is 6.42 Å². The molecule has 1 atom stereocenters. The van der Waals surface area contributed by atoms with Crippen molar-refractivity contribution in [3.05, 3.63) is 59.9 Å². The van der Waals surface area contributed by atoms with Crippen molar-refractivity contribution in [1.82, 2.24) is 4.98 Å². The predicted molar refractivity (Wildman–Crippen MR) is 70.1 cm³/mol. The van der Waals surface area contributed by atoms with Gasteiger partial charge in [0.2, 0.25) is 0 Å². The van der Waals surface area contributed by atoms with Gasteiger partial charge in [-0.1, -0.05) is 24.3 Å². The minimum absolute atomic E-state index is 0.548. The topological polar surface area (TPSA) is 24.9 Å². The van der Waals surface area contributed by atoms with Gasteiger partial charge in [-0.3, -0.25) is 4.98 Å². The van der Waals surface area contributed by atoms with Gasteiger partial charge in [-0.2, -0.15) is 0 Å². The molecule has 1 heterocycles. The lowest BCUT2D eigenvalue weighted by molar-refractivity contribution is 0.611. The summed E-state index contributed by atoms with van der Waals surface area (Å²) in [6.07, 6.45) is 7.18. The number of benzene rings is 1. The highest BCUT2D eigenvalue weighted by Gasteiger charge is 2.17. The Bertz CT molecular complexity index is 493. The first-order chi connectivity index (χ1) is 8.42. The number of pyridine rings is 1. The van der Waals surface area contributed by atoms with Crippen LogP contribution in [0, 0.1) is 0 Å². The summed E-state index contributed by atoms with van der Waals surface area (Å²) in [5.74, 6) is 0. The molecule has 1 N–H and O–H groups in total. The Morgan fingerprint density at radius 2 is 1.76 bits per heavy atom. The van der Waals surface area contributed by atoms with Crippen LogP contribution in [-0.4, -0.2) is 11.0 Å². The zero-order chi connectivity index (χ0) is 11.5. The van der Waals surface area contributed by atoms with Gasteiger partial charge in [0.05, 0.1) is 0 Å². The second-order valence-electron chi connectivity index (χ2n) is 4.59. The maximum Gasteiger partial charge on any atom is 0.0373 e. The third-order valence-electron chi connectivity index (χ3n) is 3.40. The summed E-state index contributed by atoms with van der Waals surface area (Å²) in [6.45, 7) is 0. The highest BCUT2D eigenvalue weighted by atomic mass is 14.9. The Hall–Kier alpha value is -1.83. The van der Waals surface area contributed by atoms with Gasteiger partial charge in [-0.25, -0.2) is 0 Å². The smallest absolute Gasteiger partial charge is 0.0373 e. The lowest BCUT2D eigenvalue weighted by Gasteiger charge is -2.26. The molecule has 0 saturated carbocycles. The Morgan fingerprint density at radius 1 is 1.00 bits per heavy atom. The molecule has 1 aromatic heterocycles. The third-order valence-corrected chi connectivity index (χ3v) is 3.40. The van der Waals surface area contributed by atoms with Crippen molar-refractivity contribution < 1.29 is 0 Å². The van der Waals surface area contributed by atoms with E-state index < -0.39 is 0 Å². The van der Waals surface area contributed by atoms with Crippen LogP contribution < -0.4 is 5.32 Å². The first kappa shape index (κ1) is 10.3. The Morgan fingerprint density at radius 3 is 2.59 bits per heavy atom. The molecule has 0 fully saturated rings. The Kier molecular flexibility index (Phi) is 2.78. The van der Waals surface area contributed by atoms with Gasteiger partial charge in [0.15, 0.2) is 0 Å². The fourth-order valence-electron chi connectivity index (χ4n) is 2.50. The molecule has 1 unspecified atom stereocenters. The normalized spacial score (nSPS) is 18.5. The molecular weight excluding hydrogens is 208 g/mol. The van der Waals surface area contributed by atoms with Crippen LogP contribution >= 0.6 is 0 Å². The second-order valence-corrected chi connectivity index (χ2v) is 4.59. The van der Waals surface area contributed by atoms with E-state index in [4.69, 9.17) is 0 Å². The van der Waals surface area contributed by atoms with Gasteiger partial charge in [-0.05, 0) is 42.5 Å². The molecule has 2 aromatic rings. The van der Waals surface area contributed by atoms with E-state index in [1.165, 1.54) is 29.7 Å². The van der Waals surface area contributed by atoms with E-state index in [1.54, 1.807) is 0 Å². The monoisotopic (exact) mass is 224 g/mol. The molecule has 0 saturated heterocycles. The summed E-state index contributed by atoms with van der Waals surface area (Å²) < 4.78 is 0. The summed E-state index contributed by atoms with van der Waals surface area (Å²) in [6, 6.07) is 13.4. The maximum atomic E-state index is 4.03. The predicted octanol–water partition coefficient (Wildman–Crippen LogP) is 3.05. The van der Waals surface area contributed by atoms with Crippen molar-refractivity contribution in [2.24, 2.45) is 0 Å². The van der Waals surface area contributed by atoms with E-state index in [0.29, 0.717) is 6.04 Å². The maximum absolute atomic E-state index is 4.03. The van der Waals surface area contributed by atoms with Crippen molar-refractivity contribution in [3.63, 3.8) is 0 Å². The summed E-state index contributed by atoms with van der Waals surface area (Å²) in [4.78, 5) is 4.03. The lowest BCUT2D eigenvalue weighted by Crippen LogP contribution is -2.27. The van der Waals surface area contributed by atoms with Gasteiger partial charge in [0.1, 0.15) is 0 Å². The highest BCUT2D eigenvalue weighted by molar-refractivity contribution is 5.43. The van der Waals surface area contributed by atoms with E-state index in [9.17, 15) is 0 Å². The van der Waals surface area contributed by atoms with Crippen molar-refractivity contribution >= 4 is 5.69 Å². The lowest BCUT2D eigenvalue weighted by atomic mass is 9.88. The number of rotatable bonds is 2. The van der Waals surface area contributed by atoms with E-state index in [-0.39, 0.29) is 0 Å². The summed E-state index contributed by atoms with van der Waals surface area (Å²) in [5, 5.41) is 3.58. The van der Waals surface area contributed by atoms with Gasteiger partial charge >= 0.3 is 0 Å². The minimum Gasteiger partial charge on any atom is -0.382 e. The summed E-state index contributed by atoms with van der Waals surface area (Å²) in [5.41, 5.74) is 4.18. The van der Waals surface area contributed by atoms with Crippen molar-refractivity contribution in [2.75, 3.05) is 5.32 Å². The number of anilines is 1.